The summed E-state index contributed by atoms with van der Waals surface area (Å²) in [5, 5.41) is 0. The molecular formula is C27H52ClNO6Si2. The first-order valence-electron chi connectivity index (χ1n) is 13.9. The van der Waals surface area contributed by atoms with Crippen molar-refractivity contribution in [3.63, 3.8) is 0 Å². The maximum atomic E-state index is 6.06. The molecule has 0 aliphatic heterocycles. The molecule has 1 rings (SSSR count). The lowest BCUT2D eigenvalue weighted by Gasteiger charge is -2.30. The van der Waals surface area contributed by atoms with Crippen LogP contribution in [0, 0.1) is 0 Å². The summed E-state index contributed by atoms with van der Waals surface area (Å²) in [7, 11) is -5.25. The van der Waals surface area contributed by atoms with Gasteiger partial charge < -0.3 is 43.9 Å². The number of halogens is 1. The highest BCUT2D eigenvalue weighted by Crippen LogP contribution is 2.19. The maximum Gasteiger partial charge on any atom is 0.501 e. The zero-order valence-corrected chi connectivity index (χ0v) is 26.8. The van der Waals surface area contributed by atoms with Crippen molar-refractivity contribution in [1.82, 2.24) is 0 Å². The van der Waals surface area contributed by atoms with Gasteiger partial charge in [-0.1, -0.05) is 36.4 Å². The lowest BCUT2D eigenvalue weighted by Crippen LogP contribution is -3.11. The molecule has 1 N–H and O–H groups in total. The molecule has 0 saturated carbocycles. The Hall–Kier alpha value is -0.596. The van der Waals surface area contributed by atoms with E-state index in [-0.39, 0.29) is 12.4 Å². The molecule has 0 aliphatic rings. The summed E-state index contributed by atoms with van der Waals surface area (Å²) >= 11 is 0. The monoisotopic (exact) mass is 577 g/mol. The van der Waals surface area contributed by atoms with Crippen LogP contribution in [0.5, 0.6) is 0 Å². The molecule has 216 valence electrons. The molecule has 0 fully saturated rings. The predicted molar refractivity (Wildman–Crippen MR) is 151 cm³/mol. The van der Waals surface area contributed by atoms with E-state index >= 15 is 0 Å². The predicted octanol–water partition coefficient (Wildman–Crippen LogP) is 1.47. The van der Waals surface area contributed by atoms with Crippen molar-refractivity contribution >= 4 is 23.7 Å². The summed E-state index contributed by atoms with van der Waals surface area (Å²) in [5.41, 5.74) is 1.22. The first-order chi connectivity index (χ1) is 17.5. The normalized spacial score (nSPS) is 12.4. The maximum absolute atomic E-state index is 6.06. The van der Waals surface area contributed by atoms with E-state index in [1.54, 1.807) is 0 Å². The van der Waals surface area contributed by atoms with Crippen molar-refractivity contribution in [2.45, 2.75) is 66.5 Å². The van der Waals surface area contributed by atoms with Gasteiger partial charge in [-0.2, -0.15) is 0 Å². The van der Waals surface area contributed by atoms with Gasteiger partial charge in [-0.25, -0.2) is 0 Å². The minimum absolute atomic E-state index is 0. The molecule has 10 heteroatoms. The van der Waals surface area contributed by atoms with Gasteiger partial charge in [0.05, 0.1) is 19.6 Å². The lowest BCUT2D eigenvalue weighted by molar-refractivity contribution is -0.894. The van der Waals surface area contributed by atoms with Crippen LogP contribution < -0.4 is 17.3 Å². The quantitative estimate of drug-likeness (QED) is 0.199. The van der Waals surface area contributed by atoms with Crippen LogP contribution in [0.3, 0.4) is 0 Å². The van der Waals surface area contributed by atoms with Crippen molar-refractivity contribution in [1.29, 1.82) is 0 Å². The number of rotatable bonds is 23. The number of nitrogens with one attached hydrogen (secondary N) is 1. The van der Waals surface area contributed by atoms with Crippen molar-refractivity contribution in [3.8, 4) is 0 Å². The number of hydrogen-bond acceptors (Lipinski definition) is 6. The number of quaternary nitrogens is 1. The smallest absolute Gasteiger partial charge is 0.501 e. The van der Waals surface area contributed by atoms with Gasteiger partial charge in [0.2, 0.25) is 0 Å². The van der Waals surface area contributed by atoms with Gasteiger partial charge in [0.1, 0.15) is 0 Å². The van der Waals surface area contributed by atoms with Crippen LogP contribution in [-0.4, -0.2) is 76.9 Å². The van der Waals surface area contributed by atoms with Crippen LogP contribution >= 0.6 is 0 Å². The second kappa shape index (κ2) is 22.2. The van der Waals surface area contributed by atoms with Crippen LogP contribution in [-0.2, 0) is 26.6 Å². The van der Waals surface area contributed by atoms with Crippen LogP contribution in [0.4, 0.5) is 0 Å². The number of benzene rings is 1. The Labute approximate surface area is 235 Å². The standard InChI is InChI=1S/C27H51NO6Si2.ClH/c1-7-29-35(30-8-2,31-9-3)25-17-23-28(22-16-21-27-19-14-13-15-20-27)24-18-26-36(32-10-4,33-11-5)34-12-6;/h13-16,19-21H,7-12,17-18,22-26H2,1-6H3;1H. The van der Waals surface area contributed by atoms with Crippen molar-refractivity contribution in [2.75, 3.05) is 59.3 Å². The lowest BCUT2D eigenvalue weighted by atomic mass is 10.2. The summed E-state index contributed by atoms with van der Waals surface area (Å²) in [6.45, 7) is 18.7. The van der Waals surface area contributed by atoms with Crippen LogP contribution in [0.2, 0.25) is 12.1 Å². The molecule has 0 spiro atoms. The summed E-state index contributed by atoms with van der Waals surface area (Å²) < 4.78 is 36.4. The summed E-state index contributed by atoms with van der Waals surface area (Å²) in [6, 6.07) is 12.1. The molecule has 1 aromatic carbocycles. The Bertz CT molecular complexity index is 620. The zero-order valence-electron chi connectivity index (χ0n) is 24.1. The van der Waals surface area contributed by atoms with Gasteiger partial charge in [0.15, 0.2) is 0 Å². The average molecular weight is 578 g/mol. The van der Waals surface area contributed by atoms with E-state index in [1.165, 1.54) is 10.5 Å². The highest BCUT2D eigenvalue weighted by molar-refractivity contribution is 6.61. The molecule has 0 unspecified atom stereocenters. The third kappa shape index (κ3) is 15.0. The van der Waals surface area contributed by atoms with Gasteiger partial charge in [0, 0.05) is 64.6 Å². The second-order valence-corrected chi connectivity index (χ2v) is 13.9. The highest BCUT2D eigenvalue weighted by atomic mass is 35.5. The van der Waals surface area contributed by atoms with E-state index < -0.39 is 17.6 Å². The topological polar surface area (TPSA) is 59.8 Å². The summed E-state index contributed by atoms with van der Waals surface area (Å²) in [4.78, 5) is 1.52. The Balaban J connectivity index is 0.0000130. The van der Waals surface area contributed by atoms with Crippen molar-refractivity contribution in [3.05, 3.63) is 42.0 Å². The van der Waals surface area contributed by atoms with E-state index in [0.29, 0.717) is 39.6 Å². The zero-order chi connectivity index (χ0) is 26.5. The third-order valence-electron chi connectivity index (χ3n) is 5.73. The molecule has 0 atom stereocenters. The molecule has 0 saturated heterocycles. The molecule has 0 radical (unpaired) electrons. The third-order valence-corrected chi connectivity index (χ3v) is 12.0. The Morgan fingerprint density at radius 1 is 0.622 bits per heavy atom. The van der Waals surface area contributed by atoms with Crippen LogP contribution in [0.25, 0.3) is 6.08 Å². The van der Waals surface area contributed by atoms with Crippen LogP contribution in [0.15, 0.2) is 36.4 Å². The molecule has 0 heterocycles. The summed E-state index contributed by atoms with van der Waals surface area (Å²) in [6.07, 6.45) is 6.47. The minimum Gasteiger partial charge on any atom is -1.00 e. The first kappa shape index (κ1) is 36.4. The molecule has 0 amide bonds. The molecular weight excluding hydrogens is 526 g/mol. The van der Waals surface area contributed by atoms with Crippen molar-refractivity contribution < 1.29 is 43.9 Å². The van der Waals surface area contributed by atoms with E-state index in [2.05, 4.69) is 36.4 Å². The highest BCUT2D eigenvalue weighted by Gasteiger charge is 2.41. The molecule has 0 aliphatic carbocycles. The van der Waals surface area contributed by atoms with E-state index in [9.17, 15) is 0 Å². The van der Waals surface area contributed by atoms with E-state index in [1.807, 2.05) is 47.6 Å². The minimum atomic E-state index is -2.62. The summed E-state index contributed by atoms with van der Waals surface area (Å²) in [5.74, 6) is 0. The van der Waals surface area contributed by atoms with Gasteiger partial charge in [-0.05, 0) is 53.2 Å². The molecule has 0 aromatic heterocycles. The fraction of sp³-hybridized carbons (Fsp3) is 0.704. The van der Waals surface area contributed by atoms with E-state index in [4.69, 9.17) is 26.6 Å². The first-order valence-corrected chi connectivity index (χ1v) is 17.8. The van der Waals surface area contributed by atoms with Crippen LogP contribution in [0.1, 0.15) is 59.9 Å². The largest absolute Gasteiger partial charge is 1.00 e. The van der Waals surface area contributed by atoms with Gasteiger partial charge in [0.25, 0.3) is 0 Å². The number of hydrogen-bond donors (Lipinski definition) is 1. The van der Waals surface area contributed by atoms with Gasteiger partial charge in [-0.3, -0.25) is 0 Å². The Morgan fingerprint density at radius 2 is 1.00 bits per heavy atom. The average Bonchev–Trinajstić information content (AvgIpc) is 2.85. The molecule has 7 nitrogen and oxygen atoms in total. The second-order valence-electron chi connectivity index (χ2n) is 8.44. The van der Waals surface area contributed by atoms with Gasteiger partial charge in [-0.15, -0.1) is 0 Å². The van der Waals surface area contributed by atoms with E-state index in [0.717, 1.165) is 44.6 Å². The molecule has 0 bridgehead atoms. The SMILES string of the molecule is CCO[Si](CCC[NH+](CC=Cc1ccccc1)CCC[Si](OCC)(OCC)OCC)(OCC)OCC.[Cl-]. The Morgan fingerprint density at radius 3 is 1.35 bits per heavy atom. The van der Waals surface area contributed by atoms with Crippen molar-refractivity contribution in [2.24, 2.45) is 0 Å². The Kier molecular flexibility index (Phi) is 21.9. The fourth-order valence-corrected chi connectivity index (χ4v) is 9.59. The molecule has 37 heavy (non-hydrogen) atoms. The molecule has 1 aromatic rings. The fourth-order valence-electron chi connectivity index (χ4n) is 4.37. The van der Waals surface area contributed by atoms with Gasteiger partial charge >= 0.3 is 17.6 Å².